The maximum Gasteiger partial charge on any atom is 0.254 e. The number of benzene rings is 2. The van der Waals surface area contributed by atoms with E-state index in [4.69, 9.17) is 5.73 Å². The second kappa shape index (κ2) is 8.16. The lowest BCUT2D eigenvalue weighted by Crippen LogP contribution is -2.29. The molecule has 1 saturated heterocycles. The van der Waals surface area contributed by atoms with Crippen LogP contribution < -0.4 is 5.73 Å². The van der Waals surface area contributed by atoms with Crippen molar-refractivity contribution in [2.45, 2.75) is 19.0 Å². The average molecular weight is 413 g/mol. The molecule has 0 spiro atoms. The van der Waals surface area contributed by atoms with E-state index in [2.05, 4.69) is 15.4 Å². The van der Waals surface area contributed by atoms with Crippen molar-refractivity contribution in [1.29, 1.82) is 0 Å². The van der Waals surface area contributed by atoms with Gasteiger partial charge in [-0.25, -0.2) is 9.36 Å². The Bertz CT molecular complexity index is 1200. The number of likely N-dealkylation sites (tertiary alicyclic amines) is 1. The van der Waals surface area contributed by atoms with E-state index in [1.807, 2.05) is 81.1 Å². The molecule has 2 aromatic carbocycles. The van der Waals surface area contributed by atoms with Gasteiger partial charge in [0.1, 0.15) is 0 Å². The highest BCUT2D eigenvalue weighted by molar-refractivity contribution is 5.95. The zero-order chi connectivity index (χ0) is 21.2. The maximum absolute atomic E-state index is 13.2. The van der Waals surface area contributed by atoms with Crippen molar-refractivity contribution in [3.8, 4) is 16.9 Å². The van der Waals surface area contributed by atoms with E-state index in [-0.39, 0.29) is 11.9 Å². The molecule has 3 heterocycles. The van der Waals surface area contributed by atoms with E-state index in [9.17, 15) is 4.79 Å². The van der Waals surface area contributed by atoms with Crippen molar-refractivity contribution in [3.63, 3.8) is 0 Å². The summed E-state index contributed by atoms with van der Waals surface area (Å²) in [6, 6.07) is 19.8. The Morgan fingerprint density at radius 3 is 2.77 bits per heavy atom. The summed E-state index contributed by atoms with van der Waals surface area (Å²) in [4.78, 5) is 15.1. The molecule has 8 heteroatoms. The molecule has 0 radical (unpaired) electrons. The predicted molar refractivity (Wildman–Crippen MR) is 116 cm³/mol. The van der Waals surface area contributed by atoms with Crippen molar-refractivity contribution in [2.75, 3.05) is 13.1 Å². The smallest absolute Gasteiger partial charge is 0.254 e. The molecule has 1 aliphatic rings. The number of amides is 1. The van der Waals surface area contributed by atoms with Gasteiger partial charge in [0.15, 0.2) is 0 Å². The van der Waals surface area contributed by atoms with Crippen LogP contribution in [-0.4, -0.2) is 48.7 Å². The number of nitrogens with two attached hydrogens (primary N) is 1. The molecule has 5 rings (SSSR count). The molecule has 0 aliphatic carbocycles. The first-order valence-corrected chi connectivity index (χ1v) is 10.3. The molecule has 0 bridgehead atoms. The SMILES string of the molecule is NCc1cn(C2CCN(C(=O)c3cccc(-n4nccc4-c4ccccc4)c3)C2)nn1. The van der Waals surface area contributed by atoms with Crippen LogP contribution in [0.25, 0.3) is 16.9 Å². The fraction of sp³-hybridized carbons (Fsp3) is 0.217. The summed E-state index contributed by atoms with van der Waals surface area (Å²) in [5.74, 6) is 0.0110. The Morgan fingerprint density at radius 1 is 1.10 bits per heavy atom. The lowest BCUT2D eigenvalue weighted by Gasteiger charge is -2.17. The molecule has 31 heavy (non-hydrogen) atoms. The molecular formula is C23H23N7O. The van der Waals surface area contributed by atoms with E-state index in [0.29, 0.717) is 25.2 Å². The minimum Gasteiger partial charge on any atom is -0.336 e. The summed E-state index contributed by atoms with van der Waals surface area (Å²) in [6.45, 7) is 1.65. The molecule has 1 amide bonds. The minimum absolute atomic E-state index is 0.0110. The summed E-state index contributed by atoms with van der Waals surface area (Å²) in [5.41, 5.74) is 9.94. The third-order valence-corrected chi connectivity index (χ3v) is 5.64. The quantitative estimate of drug-likeness (QED) is 0.543. The zero-order valence-corrected chi connectivity index (χ0v) is 17.0. The van der Waals surface area contributed by atoms with Gasteiger partial charge in [-0.05, 0) is 30.7 Å². The normalized spacial score (nSPS) is 16.0. The van der Waals surface area contributed by atoms with Crippen LogP contribution in [0.15, 0.2) is 73.1 Å². The van der Waals surface area contributed by atoms with Gasteiger partial charge in [-0.1, -0.05) is 41.6 Å². The Balaban J connectivity index is 1.37. The van der Waals surface area contributed by atoms with Crippen LogP contribution in [0.1, 0.15) is 28.5 Å². The Kier molecular flexibility index (Phi) is 5.05. The standard InChI is InChI=1S/C23H23N7O/c24-14-19-15-29(27-26-19)21-10-12-28(16-21)23(31)18-7-4-8-20(13-18)30-22(9-11-25-30)17-5-2-1-3-6-17/h1-9,11,13,15,21H,10,12,14,16,24H2. The molecule has 2 aromatic heterocycles. The van der Waals surface area contributed by atoms with Gasteiger partial charge in [-0.3, -0.25) is 4.79 Å². The van der Waals surface area contributed by atoms with Gasteiger partial charge in [0, 0.05) is 30.8 Å². The lowest BCUT2D eigenvalue weighted by atomic mass is 10.1. The highest BCUT2D eigenvalue weighted by Crippen LogP contribution is 2.25. The number of rotatable bonds is 5. The van der Waals surface area contributed by atoms with Crippen LogP contribution >= 0.6 is 0 Å². The molecule has 2 N–H and O–H groups in total. The third-order valence-electron chi connectivity index (χ3n) is 5.64. The predicted octanol–water partition coefficient (Wildman–Crippen LogP) is 2.68. The van der Waals surface area contributed by atoms with Gasteiger partial charge in [-0.2, -0.15) is 5.10 Å². The summed E-state index contributed by atoms with van der Waals surface area (Å²) < 4.78 is 3.68. The third kappa shape index (κ3) is 3.73. The summed E-state index contributed by atoms with van der Waals surface area (Å²) in [7, 11) is 0. The number of hydrogen-bond acceptors (Lipinski definition) is 5. The Morgan fingerprint density at radius 2 is 1.97 bits per heavy atom. The number of aromatic nitrogens is 5. The molecule has 0 saturated carbocycles. The van der Waals surface area contributed by atoms with Crippen LogP contribution in [0.2, 0.25) is 0 Å². The van der Waals surface area contributed by atoms with Crippen LogP contribution in [-0.2, 0) is 6.54 Å². The zero-order valence-electron chi connectivity index (χ0n) is 17.0. The first-order valence-electron chi connectivity index (χ1n) is 10.3. The highest BCUT2D eigenvalue weighted by atomic mass is 16.2. The van der Waals surface area contributed by atoms with Gasteiger partial charge < -0.3 is 10.6 Å². The lowest BCUT2D eigenvalue weighted by molar-refractivity contribution is 0.0787. The number of hydrogen-bond donors (Lipinski definition) is 1. The van der Waals surface area contributed by atoms with E-state index >= 15 is 0 Å². The van der Waals surface area contributed by atoms with Crippen molar-refractivity contribution in [1.82, 2.24) is 29.7 Å². The second-order valence-corrected chi connectivity index (χ2v) is 7.63. The van der Waals surface area contributed by atoms with E-state index in [1.54, 1.807) is 6.20 Å². The average Bonchev–Trinajstić information content (AvgIpc) is 3.59. The van der Waals surface area contributed by atoms with E-state index < -0.39 is 0 Å². The van der Waals surface area contributed by atoms with Crippen molar-refractivity contribution < 1.29 is 4.79 Å². The molecule has 1 unspecified atom stereocenters. The van der Waals surface area contributed by atoms with Crippen molar-refractivity contribution >= 4 is 5.91 Å². The molecule has 1 atom stereocenters. The van der Waals surface area contributed by atoms with E-state index in [0.717, 1.165) is 29.1 Å². The molecular weight excluding hydrogens is 390 g/mol. The van der Waals surface area contributed by atoms with Crippen LogP contribution in [0.5, 0.6) is 0 Å². The van der Waals surface area contributed by atoms with Crippen LogP contribution in [0, 0.1) is 0 Å². The van der Waals surface area contributed by atoms with Gasteiger partial charge in [0.2, 0.25) is 0 Å². The molecule has 156 valence electrons. The Hall–Kier alpha value is -3.78. The van der Waals surface area contributed by atoms with Gasteiger partial charge in [0.05, 0.1) is 35.5 Å². The number of carbonyl (C=O) groups excluding carboxylic acids is 1. The van der Waals surface area contributed by atoms with Crippen molar-refractivity contribution in [3.05, 3.63) is 84.3 Å². The largest absolute Gasteiger partial charge is 0.336 e. The van der Waals surface area contributed by atoms with Gasteiger partial charge >= 0.3 is 0 Å². The first-order chi connectivity index (χ1) is 15.2. The number of carbonyl (C=O) groups is 1. The van der Waals surface area contributed by atoms with E-state index in [1.165, 1.54) is 0 Å². The minimum atomic E-state index is 0.0110. The molecule has 8 nitrogen and oxygen atoms in total. The summed E-state index contributed by atoms with van der Waals surface area (Å²) in [5, 5.41) is 12.7. The molecule has 1 aliphatic heterocycles. The molecule has 1 fully saturated rings. The van der Waals surface area contributed by atoms with Crippen molar-refractivity contribution in [2.24, 2.45) is 5.73 Å². The maximum atomic E-state index is 13.2. The van der Waals surface area contributed by atoms with Gasteiger partial charge in [-0.15, -0.1) is 5.10 Å². The Labute approximate surface area is 179 Å². The van der Waals surface area contributed by atoms with Crippen LogP contribution in [0.3, 0.4) is 0 Å². The number of nitrogens with zero attached hydrogens (tertiary/aromatic N) is 6. The fourth-order valence-electron chi connectivity index (χ4n) is 4.02. The fourth-order valence-corrected chi connectivity index (χ4v) is 4.02. The summed E-state index contributed by atoms with van der Waals surface area (Å²) in [6.07, 6.45) is 4.48. The second-order valence-electron chi connectivity index (χ2n) is 7.63. The molecule has 4 aromatic rings. The van der Waals surface area contributed by atoms with Crippen LogP contribution in [0.4, 0.5) is 0 Å². The van der Waals surface area contributed by atoms with Gasteiger partial charge in [0.25, 0.3) is 5.91 Å². The highest BCUT2D eigenvalue weighted by Gasteiger charge is 2.29. The monoisotopic (exact) mass is 413 g/mol. The first kappa shape index (κ1) is 19.2. The summed E-state index contributed by atoms with van der Waals surface area (Å²) >= 11 is 0. The topological polar surface area (TPSA) is 94.9 Å².